The van der Waals surface area contributed by atoms with Gasteiger partial charge in [-0.05, 0) is 85.0 Å². The molecule has 2 aliphatic rings. The Morgan fingerprint density at radius 3 is 2.40 bits per heavy atom. The lowest BCUT2D eigenvalue weighted by Crippen LogP contribution is -2.10. The van der Waals surface area contributed by atoms with Crippen LogP contribution in [0.4, 0.5) is 0 Å². The summed E-state index contributed by atoms with van der Waals surface area (Å²) in [5.41, 5.74) is 8.61. The Bertz CT molecular complexity index is 1740. The Morgan fingerprint density at radius 2 is 1.50 bits per heavy atom. The van der Waals surface area contributed by atoms with Gasteiger partial charge in [-0.1, -0.05) is 0 Å². The van der Waals surface area contributed by atoms with Crippen LogP contribution in [0.3, 0.4) is 0 Å². The molecule has 7 rings (SSSR count). The maximum Gasteiger partial charge on any atom is 0.0718 e. The zero-order chi connectivity index (χ0) is 19.7. The van der Waals surface area contributed by atoms with Crippen molar-refractivity contribution in [2.75, 3.05) is 0 Å². The average Bonchev–Trinajstić information content (AvgIpc) is 3.51. The molecule has 2 aliphatic heterocycles. The molecule has 0 amide bonds. The number of hydrogen-bond donors (Lipinski definition) is 3. The van der Waals surface area contributed by atoms with E-state index in [-0.39, 0.29) is 0 Å². The first-order valence-electron chi connectivity index (χ1n) is 9.97. The molecule has 5 nitrogen and oxygen atoms in total. The molecule has 0 saturated carbocycles. The fraction of sp³-hybridized carbons (Fsp3) is 0. The monoisotopic (exact) mass is 387 g/mol. The van der Waals surface area contributed by atoms with Gasteiger partial charge in [0, 0.05) is 38.6 Å². The van der Waals surface area contributed by atoms with Gasteiger partial charge in [0.15, 0.2) is 0 Å². The number of H-pyrrole nitrogens is 3. The molecule has 5 aromatic rings. The lowest BCUT2D eigenvalue weighted by atomic mass is 10.3. The molecule has 0 radical (unpaired) electrons. The number of fused-ring (bicyclic) bond motifs is 6. The van der Waals surface area contributed by atoms with Gasteiger partial charge in [0.05, 0.1) is 22.4 Å². The quantitative estimate of drug-likeness (QED) is 0.366. The zero-order valence-electron chi connectivity index (χ0n) is 16.0. The lowest BCUT2D eigenvalue weighted by Gasteiger charge is -1.95. The van der Waals surface area contributed by atoms with Gasteiger partial charge in [-0.25, -0.2) is 4.99 Å². The largest absolute Gasteiger partial charge is 0.355 e. The molecule has 0 aromatic carbocycles. The minimum absolute atomic E-state index is 0.942. The molecular weight excluding hydrogens is 370 g/mol. The predicted octanol–water partition coefficient (Wildman–Crippen LogP) is 2.60. The second-order valence-electron chi connectivity index (χ2n) is 7.80. The van der Waals surface area contributed by atoms with E-state index in [2.05, 4.69) is 104 Å². The summed E-state index contributed by atoms with van der Waals surface area (Å²) in [5, 5.41) is 3.15. The first-order valence-corrected chi connectivity index (χ1v) is 9.97. The van der Waals surface area contributed by atoms with Crippen molar-refractivity contribution in [3.63, 3.8) is 0 Å². The van der Waals surface area contributed by atoms with Gasteiger partial charge in [0.1, 0.15) is 0 Å². The highest BCUT2D eigenvalue weighted by atomic mass is 14.9. The average molecular weight is 387 g/mol. The molecule has 0 unspecified atom stereocenters. The van der Waals surface area contributed by atoms with Gasteiger partial charge in [-0.2, -0.15) is 0 Å². The molecule has 5 aromatic heterocycles. The number of nitrogens with zero attached hydrogens (tertiary/aromatic N) is 2. The van der Waals surface area contributed by atoms with Crippen molar-refractivity contribution in [1.29, 1.82) is 0 Å². The third-order valence-electron chi connectivity index (χ3n) is 5.69. The summed E-state index contributed by atoms with van der Waals surface area (Å²) in [6.07, 6.45) is 12.6. The van der Waals surface area contributed by atoms with Gasteiger partial charge in [0.2, 0.25) is 0 Å². The highest BCUT2D eigenvalue weighted by Crippen LogP contribution is 2.24. The second kappa shape index (κ2) is 5.64. The van der Waals surface area contributed by atoms with Crippen LogP contribution in [0.5, 0.6) is 0 Å². The molecule has 7 heterocycles. The van der Waals surface area contributed by atoms with Crippen LogP contribution in [0.25, 0.3) is 40.9 Å². The summed E-state index contributed by atoms with van der Waals surface area (Å²) in [7, 11) is 0. The van der Waals surface area contributed by atoms with Crippen molar-refractivity contribution in [3.8, 4) is 0 Å². The van der Waals surface area contributed by atoms with E-state index < -0.39 is 0 Å². The number of rotatable bonds is 0. The van der Waals surface area contributed by atoms with E-state index in [1.54, 1.807) is 0 Å². The van der Waals surface area contributed by atoms with Crippen molar-refractivity contribution >= 4 is 46.6 Å². The van der Waals surface area contributed by atoms with Crippen LogP contribution in [0.15, 0.2) is 71.4 Å². The van der Waals surface area contributed by atoms with E-state index >= 15 is 0 Å². The molecule has 0 fully saturated rings. The number of aliphatic imine (C=N–C) groups is 1. The predicted molar refractivity (Wildman–Crippen MR) is 121 cm³/mol. The number of aromatic amines is 3. The topological polar surface area (TPSA) is 64.1 Å². The molecule has 142 valence electrons. The Morgan fingerprint density at radius 1 is 0.667 bits per heavy atom. The smallest absolute Gasteiger partial charge is 0.0718 e. The van der Waals surface area contributed by atoms with E-state index in [1.807, 2.05) is 0 Å². The zero-order valence-corrected chi connectivity index (χ0v) is 16.0. The van der Waals surface area contributed by atoms with Gasteiger partial charge >= 0.3 is 0 Å². The van der Waals surface area contributed by atoms with Crippen molar-refractivity contribution in [1.82, 2.24) is 19.4 Å². The van der Waals surface area contributed by atoms with Gasteiger partial charge in [-0.3, -0.25) is 0 Å². The highest BCUT2D eigenvalue weighted by molar-refractivity contribution is 6.19. The Kier molecular flexibility index (Phi) is 2.94. The molecule has 8 bridgehead atoms. The van der Waals surface area contributed by atoms with E-state index in [0.717, 1.165) is 50.1 Å². The van der Waals surface area contributed by atoms with Crippen molar-refractivity contribution < 1.29 is 0 Å². The van der Waals surface area contributed by atoms with E-state index in [1.165, 1.54) is 11.0 Å². The van der Waals surface area contributed by atoms with Crippen LogP contribution >= 0.6 is 0 Å². The normalized spacial score (nSPS) is 15.1. The van der Waals surface area contributed by atoms with Crippen LogP contribution in [-0.4, -0.2) is 25.1 Å². The molecule has 5 heteroatoms. The van der Waals surface area contributed by atoms with E-state index in [4.69, 9.17) is 4.99 Å². The number of hydrogen-bond acceptors (Lipinski definition) is 1. The lowest BCUT2D eigenvalue weighted by molar-refractivity contribution is 1.25. The van der Waals surface area contributed by atoms with Gasteiger partial charge < -0.3 is 19.4 Å². The molecule has 3 N–H and O–H groups in total. The second-order valence-corrected chi connectivity index (χ2v) is 7.80. The first-order chi connectivity index (χ1) is 14.8. The fourth-order valence-corrected chi connectivity index (χ4v) is 4.37. The highest BCUT2D eigenvalue weighted by Gasteiger charge is 2.10. The SMILES string of the molecule is C1=CC2=NC1=Cc1ccc3cc4[nH]c(cc4n13)=Cc1ccc([nH]1)C=c1ccc([nH]1)=C2. The van der Waals surface area contributed by atoms with Crippen LogP contribution < -0.4 is 16.0 Å². The van der Waals surface area contributed by atoms with Gasteiger partial charge in [0.25, 0.3) is 0 Å². The minimum Gasteiger partial charge on any atom is -0.355 e. The Labute approximate surface area is 170 Å². The summed E-state index contributed by atoms with van der Waals surface area (Å²) < 4.78 is 2.27. The van der Waals surface area contributed by atoms with Gasteiger partial charge in [-0.15, -0.1) is 0 Å². The molecule has 0 spiro atoms. The summed E-state index contributed by atoms with van der Waals surface area (Å²) in [6, 6.07) is 17.0. The third-order valence-corrected chi connectivity index (χ3v) is 5.69. The van der Waals surface area contributed by atoms with E-state index in [9.17, 15) is 0 Å². The van der Waals surface area contributed by atoms with Crippen molar-refractivity contribution in [2.24, 2.45) is 4.99 Å². The van der Waals surface area contributed by atoms with Crippen LogP contribution in [0.1, 0.15) is 17.1 Å². The molecule has 0 aliphatic carbocycles. The molecule has 0 saturated heterocycles. The molecular formula is C25H17N5. The summed E-state index contributed by atoms with van der Waals surface area (Å²) in [6.45, 7) is 0. The van der Waals surface area contributed by atoms with Crippen molar-refractivity contribution in [3.05, 3.63) is 99.5 Å². The number of aromatic nitrogens is 4. The van der Waals surface area contributed by atoms with Crippen LogP contribution in [0, 0.1) is 0 Å². The molecule has 0 atom stereocenters. The van der Waals surface area contributed by atoms with Crippen LogP contribution in [0.2, 0.25) is 0 Å². The fourth-order valence-electron chi connectivity index (χ4n) is 4.37. The standard InChI is InChI=1S/C25H17N5/c1-2-16-10-18-5-6-20(28-18)12-22-7-8-23-14-24-25(30(22)23)13-21(29-24)11-19-4-3-17(27-19)9-15(1)26-16/h1-14,26-27,29H. The summed E-state index contributed by atoms with van der Waals surface area (Å²) in [5.74, 6) is 0. The third kappa shape index (κ3) is 2.39. The number of nitrogens with one attached hydrogen (secondary N) is 3. The summed E-state index contributed by atoms with van der Waals surface area (Å²) in [4.78, 5) is 15.2. The Hall–Kier alpha value is -4.25. The Balaban J connectivity index is 1.54. The van der Waals surface area contributed by atoms with Crippen molar-refractivity contribution in [2.45, 2.75) is 0 Å². The van der Waals surface area contributed by atoms with Crippen LogP contribution in [-0.2, 0) is 0 Å². The molecule has 30 heavy (non-hydrogen) atoms. The maximum atomic E-state index is 4.78. The summed E-state index contributed by atoms with van der Waals surface area (Å²) >= 11 is 0. The maximum absolute atomic E-state index is 4.78. The number of allylic oxidation sites excluding steroid dienone is 2. The van der Waals surface area contributed by atoms with E-state index in [0.29, 0.717) is 0 Å². The minimum atomic E-state index is 0.942. The first kappa shape index (κ1) is 15.6.